The van der Waals surface area contributed by atoms with Crippen LogP contribution in [-0.4, -0.2) is 44.9 Å². The summed E-state index contributed by atoms with van der Waals surface area (Å²) in [6.45, 7) is 3.02. The van der Waals surface area contributed by atoms with Crippen LogP contribution in [0.5, 0.6) is 5.75 Å². The zero-order valence-electron chi connectivity index (χ0n) is 11.6. The number of piperidine rings is 1. The molecule has 1 aliphatic heterocycles. The highest BCUT2D eigenvalue weighted by atomic mass is 16.5. The van der Waals surface area contributed by atoms with Gasteiger partial charge in [-0.2, -0.15) is 0 Å². The molecular weight excluding hydrogens is 256 g/mol. The molecule has 1 aliphatic rings. The number of hydrogen-bond donors (Lipinski definition) is 2. The Kier molecular flexibility index (Phi) is 6.34. The van der Waals surface area contributed by atoms with E-state index in [1.165, 1.54) is 0 Å². The molecule has 0 spiro atoms. The molecule has 0 atom stereocenters. The normalized spacial score (nSPS) is 15.8. The summed E-state index contributed by atoms with van der Waals surface area (Å²) in [5.41, 5.74) is 0. The summed E-state index contributed by atoms with van der Waals surface area (Å²) in [6.07, 6.45) is 2.16. The van der Waals surface area contributed by atoms with Crippen LogP contribution in [0.25, 0.3) is 0 Å². The van der Waals surface area contributed by atoms with Gasteiger partial charge in [0, 0.05) is 0 Å². The van der Waals surface area contributed by atoms with Gasteiger partial charge in [0.15, 0.2) is 0 Å². The number of carbonyl (C=O) groups excluding carboxylic acids is 1. The van der Waals surface area contributed by atoms with Crippen LogP contribution in [0.1, 0.15) is 12.8 Å². The van der Waals surface area contributed by atoms with Gasteiger partial charge in [0.1, 0.15) is 19.0 Å². The molecule has 110 valence electrons. The fourth-order valence-electron chi connectivity index (χ4n) is 2.08. The standard InChI is InChI=1S/C15H22N2O3/c18-15(12-20-14-6-8-16-9-7-14)17-10-11-19-13-4-2-1-3-5-13/h1-5,14,16H,6-12H2,(H,17,18). The van der Waals surface area contributed by atoms with Crippen molar-refractivity contribution >= 4 is 5.91 Å². The third kappa shape index (κ3) is 5.59. The van der Waals surface area contributed by atoms with E-state index in [1.54, 1.807) is 0 Å². The van der Waals surface area contributed by atoms with Crippen molar-refractivity contribution in [3.63, 3.8) is 0 Å². The summed E-state index contributed by atoms with van der Waals surface area (Å²) in [5.74, 6) is 0.730. The van der Waals surface area contributed by atoms with Gasteiger partial charge < -0.3 is 20.1 Å². The van der Waals surface area contributed by atoms with Gasteiger partial charge in [0.25, 0.3) is 0 Å². The molecule has 2 rings (SSSR count). The predicted molar refractivity (Wildman–Crippen MR) is 76.8 cm³/mol. The highest BCUT2D eigenvalue weighted by Gasteiger charge is 2.14. The number of ether oxygens (including phenoxy) is 2. The van der Waals surface area contributed by atoms with E-state index in [4.69, 9.17) is 9.47 Å². The van der Waals surface area contributed by atoms with E-state index in [1.807, 2.05) is 30.3 Å². The Hall–Kier alpha value is -1.59. The average Bonchev–Trinajstić information content (AvgIpc) is 2.52. The molecule has 1 amide bonds. The van der Waals surface area contributed by atoms with E-state index in [-0.39, 0.29) is 18.6 Å². The second-order valence-electron chi connectivity index (χ2n) is 4.77. The van der Waals surface area contributed by atoms with Crippen LogP contribution in [0.2, 0.25) is 0 Å². The highest BCUT2D eigenvalue weighted by Crippen LogP contribution is 2.07. The van der Waals surface area contributed by atoms with E-state index in [9.17, 15) is 4.79 Å². The number of rotatable bonds is 7. The van der Waals surface area contributed by atoms with Gasteiger partial charge in [0.2, 0.25) is 5.91 Å². The quantitative estimate of drug-likeness (QED) is 0.729. The lowest BCUT2D eigenvalue weighted by Crippen LogP contribution is -2.36. The Labute approximate surface area is 119 Å². The topological polar surface area (TPSA) is 59.6 Å². The van der Waals surface area contributed by atoms with E-state index in [0.29, 0.717) is 13.2 Å². The Morgan fingerprint density at radius 2 is 2.00 bits per heavy atom. The average molecular weight is 278 g/mol. The first kappa shape index (κ1) is 14.8. The molecule has 5 nitrogen and oxygen atoms in total. The van der Waals surface area contributed by atoms with Crippen molar-refractivity contribution < 1.29 is 14.3 Å². The maximum Gasteiger partial charge on any atom is 0.246 e. The smallest absolute Gasteiger partial charge is 0.246 e. The van der Waals surface area contributed by atoms with Crippen LogP contribution < -0.4 is 15.4 Å². The minimum atomic E-state index is -0.0832. The first-order valence-electron chi connectivity index (χ1n) is 7.11. The van der Waals surface area contributed by atoms with Gasteiger partial charge >= 0.3 is 0 Å². The molecule has 20 heavy (non-hydrogen) atoms. The third-order valence-electron chi connectivity index (χ3n) is 3.17. The first-order valence-corrected chi connectivity index (χ1v) is 7.11. The van der Waals surface area contributed by atoms with Gasteiger partial charge in [-0.15, -0.1) is 0 Å². The molecule has 5 heteroatoms. The van der Waals surface area contributed by atoms with Crippen molar-refractivity contribution in [3.05, 3.63) is 30.3 Å². The molecule has 0 aromatic heterocycles. The second kappa shape index (κ2) is 8.55. The number of hydrogen-bond acceptors (Lipinski definition) is 4. The summed E-state index contributed by atoms with van der Waals surface area (Å²) in [6, 6.07) is 9.55. The van der Waals surface area contributed by atoms with E-state index < -0.39 is 0 Å². The van der Waals surface area contributed by atoms with Crippen molar-refractivity contribution in [1.82, 2.24) is 10.6 Å². The zero-order chi connectivity index (χ0) is 14.0. The molecule has 0 bridgehead atoms. The van der Waals surface area contributed by atoms with Gasteiger partial charge in [-0.3, -0.25) is 4.79 Å². The Morgan fingerprint density at radius 1 is 1.25 bits per heavy atom. The second-order valence-corrected chi connectivity index (χ2v) is 4.77. The van der Waals surface area contributed by atoms with Gasteiger partial charge in [0.05, 0.1) is 12.6 Å². The van der Waals surface area contributed by atoms with Crippen LogP contribution in [0.3, 0.4) is 0 Å². The van der Waals surface area contributed by atoms with Gasteiger partial charge in [-0.25, -0.2) is 0 Å². The molecular formula is C15H22N2O3. The monoisotopic (exact) mass is 278 g/mol. The number of carbonyl (C=O) groups is 1. The van der Waals surface area contributed by atoms with Gasteiger partial charge in [-0.1, -0.05) is 18.2 Å². The third-order valence-corrected chi connectivity index (χ3v) is 3.17. The number of nitrogens with one attached hydrogen (secondary N) is 2. The van der Waals surface area contributed by atoms with Crippen molar-refractivity contribution in [1.29, 1.82) is 0 Å². The first-order chi connectivity index (χ1) is 9.84. The lowest BCUT2D eigenvalue weighted by Gasteiger charge is -2.22. The number of para-hydroxylation sites is 1. The fourth-order valence-corrected chi connectivity index (χ4v) is 2.08. The Morgan fingerprint density at radius 3 is 2.75 bits per heavy atom. The van der Waals surface area contributed by atoms with Gasteiger partial charge in [-0.05, 0) is 38.1 Å². The maximum absolute atomic E-state index is 11.6. The van der Waals surface area contributed by atoms with E-state index in [2.05, 4.69) is 10.6 Å². The molecule has 1 aromatic rings. The molecule has 2 N–H and O–H groups in total. The Balaban J connectivity index is 1.51. The molecule has 1 saturated heterocycles. The predicted octanol–water partition coefficient (Wildman–Crippen LogP) is 0.950. The van der Waals surface area contributed by atoms with Crippen LogP contribution in [0.15, 0.2) is 30.3 Å². The van der Waals surface area contributed by atoms with Crippen LogP contribution in [-0.2, 0) is 9.53 Å². The summed E-state index contributed by atoms with van der Waals surface area (Å²) >= 11 is 0. The lowest BCUT2D eigenvalue weighted by atomic mass is 10.1. The minimum Gasteiger partial charge on any atom is -0.492 e. The SMILES string of the molecule is O=C(COC1CCNCC1)NCCOc1ccccc1. The molecule has 0 saturated carbocycles. The highest BCUT2D eigenvalue weighted by molar-refractivity contribution is 5.77. The zero-order valence-corrected chi connectivity index (χ0v) is 11.6. The molecule has 1 aromatic carbocycles. The molecule has 0 aliphatic carbocycles. The summed E-state index contributed by atoms with van der Waals surface area (Å²) in [7, 11) is 0. The molecule has 0 radical (unpaired) electrons. The summed E-state index contributed by atoms with van der Waals surface area (Å²) in [5, 5.41) is 6.05. The molecule has 1 heterocycles. The van der Waals surface area contributed by atoms with Crippen molar-refractivity contribution in [2.45, 2.75) is 18.9 Å². The molecule has 0 unspecified atom stereocenters. The lowest BCUT2D eigenvalue weighted by molar-refractivity contribution is -0.128. The largest absolute Gasteiger partial charge is 0.492 e. The number of amides is 1. The fraction of sp³-hybridized carbons (Fsp3) is 0.533. The Bertz CT molecular complexity index is 391. The summed E-state index contributed by atoms with van der Waals surface area (Å²) < 4.78 is 11.1. The maximum atomic E-state index is 11.6. The van der Waals surface area contributed by atoms with E-state index in [0.717, 1.165) is 31.7 Å². The summed E-state index contributed by atoms with van der Waals surface area (Å²) in [4.78, 5) is 11.6. The van der Waals surface area contributed by atoms with Crippen molar-refractivity contribution in [2.75, 3.05) is 32.8 Å². The minimum absolute atomic E-state index is 0.0832. The van der Waals surface area contributed by atoms with Crippen LogP contribution in [0.4, 0.5) is 0 Å². The molecule has 1 fully saturated rings. The van der Waals surface area contributed by atoms with E-state index >= 15 is 0 Å². The van der Waals surface area contributed by atoms with Crippen molar-refractivity contribution in [2.24, 2.45) is 0 Å². The van der Waals surface area contributed by atoms with Crippen LogP contribution >= 0.6 is 0 Å². The van der Waals surface area contributed by atoms with Crippen LogP contribution in [0, 0.1) is 0 Å². The number of benzene rings is 1. The van der Waals surface area contributed by atoms with Crippen molar-refractivity contribution in [3.8, 4) is 5.75 Å².